The SMILES string of the molecule is CCC(N(C)C)C(N)(CC(C)C)c1ccccc1. The predicted molar refractivity (Wildman–Crippen MR) is 79.5 cm³/mol. The monoisotopic (exact) mass is 248 g/mol. The lowest BCUT2D eigenvalue weighted by Gasteiger charge is -2.42. The molecule has 0 saturated heterocycles. The molecule has 0 fully saturated rings. The van der Waals surface area contributed by atoms with Crippen LogP contribution in [-0.2, 0) is 5.54 Å². The minimum atomic E-state index is -0.270. The van der Waals surface area contributed by atoms with E-state index < -0.39 is 0 Å². The average Bonchev–Trinajstić information content (AvgIpc) is 2.29. The van der Waals surface area contributed by atoms with Gasteiger partial charge in [-0.25, -0.2) is 0 Å². The molecule has 102 valence electrons. The van der Waals surface area contributed by atoms with Gasteiger partial charge in [-0.15, -0.1) is 0 Å². The predicted octanol–water partition coefficient (Wildman–Crippen LogP) is 3.23. The van der Waals surface area contributed by atoms with Crippen molar-refractivity contribution in [2.24, 2.45) is 11.7 Å². The van der Waals surface area contributed by atoms with Crippen LogP contribution in [0.5, 0.6) is 0 Å². The van der Waals surface area contributed by atoms with Gasteiger partial charge in [-0.1, -0.05) is 51.1 Å². The van der Waals surface area contributed by atoms with E-state index >= 15 is 0 Å². The molecular weight excluding hydrogens is 220 g/mol. The number of hydrogen-bond donors (Lipinski definition) is 1. The van der Waals surface area contributed by atoms with Crippen molar-refractivity contribution in [2.75, 3.05) is 14.1 Å². The summed E-state index contributed by atoms with van der Waals surface area (Å²) in [6, 6.07) is 10.9. The minimum absolute atomic E-state index is 0.270. The van der Waals surface area contributed by atoms with Crippen LogP contribution < -0.4 is 5.73 Å². The maximum atomic E-state index is 6.83. The smallest absolute Gasteiger partial charge is 0.0569 e. The Balaban J connectivity index is 3.17. The Labute approximate surface area is 112 Å². The molecule has 0 saturated carbocycles. The Kier molecular flexibility index (Phi) is 5.36. The zero-order valence-corrected chi connectivity index (χ0v) is 12.5. The molecule has 0 amide bonds. The highest BCUT2D eigenvalue weighted by molar-refractivity contribution is 5.26. The van der Waals surface area contributed by atoms with E-state index in [-0.39, 0.29) is 5.54 Å². The summed E-state index contributed by atoms with van der Waals surface area (Å²) in [5, 5.41) is 0. The van der Waals surface area contributed by atoms with Gasteiger partial charge < -0.3 is 10.6 Å². The maximum Gasteiger partial charge on any atom is 0.0569 e. The normalized spacial score (nSPS) is 16.9. The lowest BCUT2D eigenvalue weighted by molar-refractivity contribution is 0.147. The van der Waals surface area contributed by atoms with Crippen LogP contribution in [0.1, 0.15) is 39.2 Å². The Morgan fingerprint density at radius 3 is 2.11 bits per heavy atom. The maximum absolute atomic E-state index is 6.83. The topological polar surface area (TPSA) is 29.3 Å². The van der Waals surface area contributed by atoms with E-state index in [0.717, 1.165) is 12.8 Å². The molecule has 0 aliphatic rings. The molecule has 18 heavy (non-hydrogen) atoms. The molecule has 1 aromatic rings. The summed E-state index contributed by atoms with van der Waals surface area (Å²) >= 11 is 0. The molecule has 0 spiro atoms. The van der Waals surface area contributed by atoms with Crippen LogP contribution >= 0.6 is 0 Å². The zero-order chi connectivity index (χ0) is 13.8. The van der Waals surface area contributed by atoms with Crippen LogP contribution in [0.25, 0.3) is 0 Å². The first kappa shape index (κ1) is 15.2. The van der Waals surface area contributed by atoms with Crippen LogP contribution in [0.4, 0.5) is 0 Å². The summed E-state index contributed by atoms with van der Waals surface area (Å²) < 4.78 is 0. The summed E-state index contributed by atoms with van der Waals surface area (Å²) in [6.45, 7) is 6.70. The van der Waals surface area contributed by atoms with Crippen LogP contribution in [0.3, 0.4) is 0 Å². The third-order valence-corrected chi connectivity index (χ3v) is 3.66. The summed E-state index contributed by atoms with van der Waals surface area (Å²) in [7, 11) is 4.25. The fourth-order valence-electron chi connectivity index (χ4n) is 3.06. The van der Waals surface area contributed by atoms with Gasteiger partial charge >= 0.3 is 0 Å². The van der Waals surface area contributed by atoms with Crippen molar-refractivity contribution in [1.82, 2.24) is 4.90 Å². The Hall–Kier alpha value is -0.860. The van der Waals surface area contributed by atoms with Crippen LogP contribution in [0.2, 0.25) is 0 Å². The fourth-order valence-corrected chi connectivity index (χ4v) is 3.06. The Bertz CT molecular complexity index is 345. The molecule has 1 rings (SSSR count). The molecular formula is C16H28N2. The van der Waals surface area contributed by atoms with Gasteiger partial charge in [-0.05, 0) is 38.4 Å². The fraction of sp³-hybridized carbons (Fsp3) is 0.625. The largest absolute Gasteiger partial charge is 0.320 e. The second kappa shape index (κ2) is 6.35. The molecule has 2 heteroatoms. The van der Waals surface area contributed by atoms with Crippen molar-refractivity contribution >= 4 is 0 Å². The quantitative estimate of drug-likeness (QED) is 0.837. The van der Waals surface area contributed by atoms with Gasteiger partial charge in [0.2, 0.25) is 0 Å². The summed E-state index contributed by atoms with van der Waals surface area (Å²) in [5.74, 6) is 0.587. The molecule has 1 aromatic carbocycles. The molecule has 0 bridgehead atoms. The van der Waals surface area contributed by atoms with Crippen LogP contribution in [0, 0.1) is 5.92 Å². The highest BCUT2D eigenvalue weighted by Crippen LogP contribution is 2.33. The number of benzene rings is 1. The van der Waals surface area contributed by atoms with E-state index in [1.54, 1.807) is 0 Å². The highest BCUT2D eigenvalue weighted by Gasteiger charge is 2.37. The molecule has 2 N–H and O–H groups in total. The van der Waals surface area contributed by atoms with Crippen molar-refractivity contribution in [3.63, 3.8) is 0 Å². The van der Waals surface area contributed by atoms with E-state index in [1.165, 1.54) is 5.56 Å². The summed E-state index contributed by atoms with van der Waals surface area (Å²) in [5.41, 5.74) is 7.81. The van der Waals surface area contributed by atoms with E-state index in [9.17, 15) is 0 Å². The summed E-state index contributed by atoms with van der Waals surface area (Å²) in [6.07, 6.45) is 2.07. The lowest BCUT2D eigenvalue weighted by atomic mass is 9.76. The van der Waals surface area contributed by atoms with Crippen LogP contribution in [-0.4, -0.2) is 25.0 Å². The lowest BCUT2D eigenvalue weighted by Crippen LogP contribution is -2.54. The van der Waals surface area contributed by atoms with E-state index in [0.29, 0.717) is 12.0 Å². The Morgan fingerprint density at radius 2 is 1.72 bits per heavy atom. The molecule has 2 nitrogen and oxygen atoms in total. The number of nitrogens with zero attached hydrogens (tertiary/aromatic N) is 1. The summed E-state index contributed by atoms with van der Waals surface area (Å²) in [4.78, 5) is 2.26. The number of hydrogen-bond acceptors (Lipinski definition) is 2. The van der Waals surface area contributed by atoms with Crippen molar-refractivity contribution in [2.45, 2.75) is 45.2 Å². The second-order valence-electron chi connectivity index (χ2n) is 5.89. The van der Waals surface area contributed by atoms with Crippen molar-refractivity contribution in [3.05, 3.63) is 35.9 Å². The van der Waals surface area contributed by atoms with E-state index in [1.807, 2.05) is 0 Å². The first-order valence-electron chi connectivity index (χ1n) is 6.92. The van der Waals surface area contributed by atoms with Gasteiger partial charge in [-0.3, -0.25) is 0 Å². The second-order valence-corrected chi connectivity index (χ2v) is 5.89. The van der Waals surface area contributed by atoms with Crippen molar-refractivity contribution < 1.29 is 0 Å². The van der Waals surface area contributed by atoms with Gasteiger partial charge in [0.15, 0.2) is 0 Å². The van der Waals surface area contributed by atoms with Gasteiger partial charge in [0.1, 0.15) is 0 Å². The molecule has 0 radical (unpaired) electrons. The zero-order valence-electron chi connectivity index (χ0n) is 12.5. The molecule has 0 aromatic heterocycles. The van der Waals surface area contributed by atoms with Gasteiger partial charge in [0, 0.05) is 6.04 Å². The number of rotatable bonds is 6. The Morgan fingerprint density at radius 1 is 1.17 bits per heavy atom. The van der Waals surface area contributed by atoms with E-state index in [2.05, 4.69) is 70.1 Å². The minimum Gasteiger partial charge on any atom is -0.320 e. The number of likely N-dealkylation sites (N-methyl/N-ethyl adjacent to an activating group) is 1. The van der Waals surface area contributed by atoms with E-state index in [4.69, 9.17) is 5.73 Å². The molecule has 0 aliphatic heterocycles. The van der Waals surface area contributed by atoms with Gasteiger partial charge in [0.05, 0.1) is 5.54 Å². The standard InChI is InChI=1S/C16H28N2/c1-6-15(18(4)5)16(17,12-13(2)3)14-10-8-7-9-11-14/h7-11,13,15H,6,12,17H2,1-5H3. The highest BCUT2D eigenvalue weighted by atomic mass is 15.1. The van der Waals surface area contributed by atoms with Gasteiger partial charge in [0.25, 0.3) is 0 Å². The molecule has 0 aliphatic carbocycles. The third kappa shape index (κ3) is 3.33. The van der Waals surface area contributed by atoms with Crippen LogP contribution in [0.15, 0.2) is 30.3 Å². The van der Waals surface area contributed by atoms with Crippen molar-refractivity contribution in [3.8, 4) is 0 Å². The molecule has 2 atom stereocenters. The molecule has 2 unspecified atom stereocenters. The molecule has 0 heterocycles. The van der Waals surface area contributed by atoms with Gasteiger partial charge in [-0.2, -0.15) is 0 Å². The average molecular weight is 248 g/mol. The van der Waals surface area contributed by atoms with Crippen molar-refractivity contribution in [1.29, 1.82) is 0 Å². The third-order valence-electron chi connectivity index (χ3n) is 3.66. The number of nitrogens with two attached hydrogens (primary N) is 1. The first-order chi connectivity index (χ1) is 8.41. The first-order valence-corrected chi connectivity index (χ1v) is 6.92.